The molecule has 30 heavy (non-hydrogen) atoms. The minimum absolute atomic E-state index is 0.00147. The number of nitrogens with one attached hydrogen (secondary N) is 1. The summed E-state index contributed by atoms with van der Waals surface area (Å²) in [6, 6.07) is 18.5. The number of carbonyl (C=O) groups excluding carboxylic acids is 1. The first-order chi connectivity index (χ1) is 14.4. The minimum Gasteiger partial charge on any atom is -0.468 e. The van der Waals surface area contributed by atoms with E-state index in [0.29, 0.717) is 10.8 Å². The van der Waals surface area contributed by atoms with E-state index in [1.807, 2.05) is 30.3 Å². The maximum atomic E-state index is 13.1. The van der Waals surface area contributed by atoms with Crippen molar-refractivity contribution in [2.45, 2.75) is 17.9 Å². The molecule has 9 heteroatoms. The summed E-state index contributed by atoms with van der Waals surface area (Å²) in [7, 11) is -3.86. The molecule has 0 aliphatic carbocycles. The fraction of sp³-hybridized carbons (Fsp3) is 0.143. The van der Waals surface area contributed by atoms with Crippen LogP contribution in [0.15, 0.2) is 87.4 Å². The molecule has 0 bridgehead atoms. The third kappa shape index (κ3) is 6.03. The lowest BCUT2D eigenvalue weighted by Gasteiger charge is -2.21. The normalized spacial score (nSPS) is 11.8. The van der Waals surface area contributed by atoms with E-state index in [-0.39, 0.29) is 24.4 Å². The van der Waals surface area contributed by atoms with Crippen molar-refractivity contribution in [1.82, 2.24) is 9.73 Å². The van der Waals surface area contributed by atoms with Crippen LogP contribution in [-0.4, -0.2) is 31.4 Å². The van der Waals surface area contributed by atoms with Crippen LogP contribution < -0.4 is 5.43 Å². The highest BCUT2D eigenvalue weighted by Gasteiger charge is 2.26. The second kappa shape index (κ2) is 10.2. The lowest BCUT2D eigenvalue weighted by Crippen LogP contribution is -2.34. The Balaban J connectivity index is 1.67. The van der Waals surface area contributed by atoms with Gasteiger partial charge in [0, 0.05) is 18.0 Å². The van der Waals surface area contributed by atoms with Crippen molar-refractivity contribution in [3.63, 3.8) is 0 Å². The third-order valence-corrected chi connectivity index (χ3v) is 6.27. The highest BCUT2D eigenvalue weighted by Crippen LogP contribution is 2.21. The number of furan rings is 1. The predicted octanol–water partition coefficient (Wildman–Crippen LogP) is 3.66. The van der Waals surface area contributed by atoms with Gasteiger partial charge in [0.05, 0.1) is 23.9 Å². The van der Waals surface area contributed by atoms with Crippen LogP contribution in [-0.2, 0) is 21.4 Å². The minimum atomic E-state index is -3.86. The second-order valence-corrected chi connectivity index (χ2v) is 8.70. The molecule has 0 spiro atoms. The lowest BCUT2D eigenvalue weighted by molar-refractivity contribution is -0.121. The summed E-state index contributed by atoms with van der Waals surface area (Å²) >= 11 is 5.86. The summed E-state index contributed by atoms with van der Waals surface area (Å²) < 4.78 is 32.6. The summed E-state index contributed by atoms with van der Waals surface area (Å²) in [5, 5.41) is 4.33. The van der Waals surface area contributed by atoms with Gasteiger partial charge >= 0.3 is 0 Å². The van der Waals surface area contributed by atoms with Gasteiger partial charge in [-0.1, -0.05) is 41.9 Å². The van der Waals surface area contributed by atoms with Gasteiger partial charge in [0.1, 0.15) is 5.76 Å². The average Bonchev–Trinajstić information content (AvgIpc) is 3.25. The first kappa shape index (κ1) is 21.8. The van der Waals surface area contributed by atoms with Crippen LogP contribution in [0, 0.1) is 0 Å². The Morgan fingerprint density at radius 1 is 1.07 bits per heavy atom. The fourth-order valence-corrected chi connectivity index (χ4v) is 4.15. The molecule has 1 aromatic heterocycles. The van der Waals surface area contributed by atoms with E-state index in [1.54, 1.807) is 12.1 Å². The van der Waals surface area contributed by atoms with E-state index in [9.17, 15) is 13.2 Å². The SMILES string of the molecule is O=C(CCN(Cc1ccco1)S(=O)(=O)c1ccc(Cl)cc1)N/N=C\c1ccccc1. The molecule has 0 aliphatic heterocycles. The zero-order chi connectivity index (χ0) is 21.4. The largest absolute Gasteiger partial charge is 0.468 e. The summed E-state index contributed by atoms with van der Waals surface area (Å²) in [4.78, 5) is 12.2. The molecule has 1 heterocycles. The maximum Gasteiger partial charge on any atom is 0.243 e. The van der Waals surface area contributed by atoms with Crippen molar-refractivity contribution in [2.75, 3.05) is 6.54 Å². The Hall–Kier alpha value is -2.94. The highest BCUT2D eigenvalue weighted by molar-refractivity contribution is 7.89. The number of rotatable bonds is 9. The van der Waals surface area contributed by atoms with E-state index >= 15 is 0 Å². The van der Waals surface area contributed by atoms with E-state index < -0.39 is 15.9 Å². The van der Waals surface area contributed by atoms with Gasteiger partial charge in [0.15, 0.2) is 0 Å². The van der Waals surface area contributed by atoms with Crippen molar-refractivity contribution < 1.29 is 17.6 Å². The molecular weight excluding hydrogens is 426 g/mol. The first-order valence-electron chi connectivity index (χ1n) is 9.10. The Morgan fingerprint density at radius 3 is 2.47 bits per heavy atom. The molecule has 0 unspecified atom stereocenters. The number of amides is 1. The number of hydrogen-bond donors (Lipinski definition) is 1. The van der Waals surface area contributed by atoms with Crippen molar-refractivity contribution in [3.05, 3.63) is 89.3 Å². The molecule has 0 fully saturated rings. The molecule has 156 valence electrons. The Kier molecular flexibility index (Phi) is 7.40. The van der Waals surface area contributed by atoms with Crippen LogP contribution in [0.2, 0.25) is 5.02 Å². The molecule has 0 radical (unpaired) electrons. The smallest absolute Gasteiger partial charge is 0.243 e. The van der Waals surface area contributed by atoms with Gasteiger partial charge in [-0.2, -0.15) is 9.41 Å². The Labute approximate surface area is 180 Å². The van der Waals surface area contributed by atoms with Gasteiger partial charge in [-0.25, -0.2) is 13.8 Å². The second-order valence-electron chi connectivity index (χ2n) is 6.33. The number of carbonyl (C=O) groups is 1. The summed E-state index contributed by atoms with van der Waals surface area (Å²) in [6.45, 7) is -0.0448. The molecule has 0 aliphatic rings. The lowest BCUT2D eigenvalue weighted by atomic mass is 10.2. The van der Waals surface area contributed by atoms with Crippen molar-refractivity contribution in [2.24, 2.45) is 5.10 Å². The quantitative estimate of drug-likeness (QED) is 0.402. The number of benzene rings is 2. The number of hydrogen-bond acceptors (Lipinski definition) is 5. The third-order valence-electron chi connectivity index (χ3n) is 4.15. The number of nitrogens with zero attached hydrogens (tertiary/aromatic N) is 2. The average molecular weight is 446 g/mol. The van der Waals surface area contributed by atoms with Crippen molar-refractivity contribution in [3.8, 4) is 0 Å². The summed E-state index contributed by atoms with van der Waals surface area (Å²) in [5.74, 6) is 0.0629. The van der Waals surface area contributed by atoms with E-state index in [2.05, 4.69) is 10.5 Å². The fourth-order valence-electron chi connectivity index (χ4n) is 2.62. The first-order valence-corrected chi connectivity index (χ1v) is 10.9. The van der Waals surface area contributed by atoms with Gasteiger partial charge in [0.2, 0.25) is 15.9 Å². The van der Waals surface area contributed by atoms with Gasteiger partial charge < -0.3 is 4.42 Å². The molecule has 0 saturated carbocycles. The zero-order valence-corrected chi connectivity index (χ0v) is 17.5. The van der Waals surface area contributed by atoms with Crippen molar-refractivity contribution in [1.29, 1.82) is 0 Å². The van der Waals surface area contributed by atoms with Gasteiger partial charge in [-0.05, 0) is 42.0 Å². The summed E-state index contributed by atoms with van der Waals surface area (Å²) in [6.07, 6.45) is 2.91. The molecule has 0 saturated heterocycles. The maximum absolute atomic E-state index is 13.1. The van der Waals surface area contributed by atoms with Crippen LogP contribution in [0.1, 0.15) is 17.7 Å². The van der Waals surface area contributed by atoms with Crippen LogP contribution in [0.4, 0.5) is 0 Å². The molecule has 7 nitrogen and oxygen atoms in total. The van der Waals surface area contributed by atoms with Crippen molar-refractivity contribution >= 4 is 33.7 Å². The number of sulfonamides is 1. The molecular formula is C21H20ClN3O4S. The highest BCUT2D eigenvalue weighted by atomic mass is 35.5. The van der Waals surface area contributed by atoms with Crippen LogP contribution in [0.3, 0.4) is 0 Å². The predicted molar refractivity (Wildman–Crippen MR) is 115 cm³/mol. The van der Waals surface area contributed by atoms with E-state index in [1.165, 1.54) is 41.0 Å². The van der Waals surface area contributed by atoms with Crippen LogP contribution in [0.5, 0.6) is 0 Å². The van der Waals surface area contributed by atoms with E-state index in [0.717, 1.165) is 5.56 Å². The van der Waals surface area contributed by atoms with Gasteiger partial charge in [-0.3, -0.25) is 4.79 Å². The zero-order valence-electron chi connectivity index (χ0n) is 15.9. The molecule has 1 N–H and O–H groups in total. The standard InChI is InChI=1S/C21H20ClN3O4S/c22-18-8-10-20(11-9-18)30(27,28)25(16-19-7-4-14-29-19)13-12-21(26)24-23-15-17-5-2-1-3-6-17/h1-11,14-15H,12-13,16H2,(H,24,26)/b23-15-. The molecule has 2 aromatic carbocycles. The van der Waals surface area contributed by atoms with E-state index in [4.69, 9.17) is 16.0 Å². The monoisotopic (exact) mass is 445 g/mol. The van der Waals surface area contributed by atoms with Gasteiger partial charge in [0.25, 0.3) is 0 Å². The molecule has 3 rings (SSSR count). The van der Waals surface area contributed by atoms with Gasteiger partial charge in [-0.15, -0.1) is 0 Å². The number of hydrazone groups is 1. The van der Waals surface area contributed by atoms with Crippen LogP contribution in [0.25, 0.3) is 0 Å². The van der Waals surface area contributed by atoms with Crippen LogP contribution >= 0.6 is 11.6 Å². The summed E-state index contributed by atoms with van der Waals surface area (Å²) in [5.41, 5.74) is 3.25. The molecule has 0 atom stereocenters. The Bertz CT molecular complexity index is 1080. The number of halogens is 1. The Morgan fingerprint density at radius 2 is 1.80 bits per heavy atom. The molecule has 3 aromatic rings. The molecule has 1 amide bonds. The topological polar surface area (TPSA) is 92.0 Å².